The van der Waals surface area contributed by atoms with E-state index in [9.17, 15) is 60.0 Å². The van der Waals surface area contributed by atoms with Gasteiger partial charge in [-0.15, -0.1) is 0 Å². The van der Waals surface area contributed by atoms with Crippen molar-refractivity contribution < 1.29 is 65.1 Å². The monoisotopic (exact) mass is 1190 g/mol. The Bertz CT molecular complexity index is 3710. The molecular weight excluding hydrogens is 1130 g/mol. The van der Waals surface area contributed by atoms with Crippen molar-refractivity contribution in [3.8, 4) is 0 Å². The molecule has 0 bridgehead atoms. The normalized spacial score (nSPS) is 12.2. The van der Waals surface area contributed by atoms with Crippen LogP contribution in [-0.2, 0) is 40.1 Å². The SMILES string of the molecule is CO.Cc1cc(C)c(Nc2ccc(C(c3ccc(Nc4c(C)cc(C)c(NS(C)(=O)=O)c4C)cc3)c3ccc(Nc4c(C)cc(C)c(NS(C)(=O)=O)c4C)cc3)c3ccccc23)c(C)c1.O=S(=O)(NS(=O)(=O)C(F)(F)F)C(F)(F)F. The molecule has 0 aliphatic carbocycles. The highest BCUT2D eigenvalue weighted by atomic mass is 32.3. The van der Waals surface area contributed by atoms with Crippen molar-refractivity contribution in [2.45, 2.75) is 79.2 Å². The van der Waals surface area contributed by atoms with Gasteiger partial charge in [-0.2, -0.15) is 26.3 Å². The van der Waals surface area contributed by atoms with Crippen LogP contribution in [0.1, 0.15) is 72.7 Å². The summed E-state index contributed by atoms with van der Waals surface area (Å²) in [4.78, 5) is 0. The lowest BCUT2D eigenvalue weighted by Crippen LogP contribution is -2.45. The number of benzene rings is 7. The highest BCUT2D eigenvalue weighted by Crippen LogP contribution is 2.42. The molecule has 7 rings (SSSR count). The molecular formula is C55H62F6N6O9S4. The zero-order valence-electron chi connectivity index (χ0n) is 45.6. The maximum atomic E-state index is 12.2. The van der Waals surface area contributed by atoms with Gasteiger partial charge in [-0.1, -0.05) is 88.6 Å². The van der Waals surface area contributed by atoms with E-state index in [-0.39, 0.29) is 5.92 Å². The molecule has 0 aliphatic rings. The summed E-state index contributed by atoms with van der Waals surface area (Å²) in [6.07, 6.45) is 2.33. The third-order valence-corrected chi connectivity index (χ3v) is 16.7. The molecule has 7 aromatic rings. The Morgan fingerprint density at radius 2 is 0.775 bits per heavy atom. The van der Waals surface area contributed by atoms with Gasteiger partial charge in [0, 0.05) is 52.5 Å². The fourth-order valence-corrected chi connectivity index (χ4v) is 12.5. The van der Waals surface area contributed by atoms with Crippen molar-refractivity contribution >= 4 is 96.4 Å². The van der Waals surface area contributed by atoms with E-state index in [1.165, 1.54) is 29.2 Å². The first-order valence-corrected chi connectivity index (χ1v) is 30.8. The van der Waals surface area contributed by atoms with Gasteiger partial charge in [-0.05, 0) is 159 Å². The lowest BCUT2D eigenvalue weighted by atomic mass is 9.82. The molecule has 25 heteroatoms. The molecule has 15 nitrogen and oxygen atoms in total. The fourth-order valence-electron chi connectivity index (χ4n) is 9.23. The van der Waals surface area contributed by atoms with Gasteiger partial charge in [0.1, 0.15) is 0 Å². The van der Waals surface area contributed by atoms with Gasteiger partial charge in [-0.25, -0.2) is 33.7 Å². The Morgan fingerprint density at radius 3 is 1.14 bits per heavy atom. The van der Waals surface area contributed by atoms with Gasteiger partial charge in [0.15, 0.2) is 0 Å². The van der Waals surface area contributed by atoms with Crippen LogP contribution in [-0.4, -0.2) is 69.4 Å². The van der Waals surface area contributed by atoms with Gasteiger partial charge >= 0.3 is 31.1 Å². The van der Waals surface area contributed by atoms with Gasteiger partial charge < -0.3 is 21.1 Å². The molecule has 7 N–H and O–H groups in total. The molecule has 80 heavy (non-hydrogen) atoms. The third kappa shape index (κ3) is 15.3. The second-order valence-electron chi connectivity index (χ2n) is 19.1. The number of nitrogens with one attached hydrogen (secondary N) is 6. The fraction of sp³-hybridized carbons (Fsp3) is 0.273. The van der Waals surface area contributed by atoms with E-state index in [0.717, 1.165) is 102 Å². The molecule has 0 spiro atoms. The van der Waals surface area contributed by atoms with Crippen LogP contribution >= 0.6 is 0 Å². The Hall–Kier alpha value is -6.90. The zero-order valence-corrected chi connectivity index (χ0v) is 48.8. The molecule has 432 valence electrons. The van der Waals surface area contributed by atoms with E-state index in [0.29, 0.717) is 11.4 Å². The van der Waals surface area contributed by atoms with E-state index < -0.39 is 55.2 Å². The Balaban J connectivity index is 0.000000600. The summed E-state index contributed by atoms with van der Waals surface area (Å²) < 4.78 is 163. The third-order valence-electron chi connectivity index (χ3n) is 12.6. The van der Waals surface area contributed by atoms with Crippen LogP contribution in [0.4, 0.5) is 71.8 Å². The second kappa shape index (κ2) is 24.4. The van der Waals surface area contributed by atoms with E-state index in [1.807, 2.05) is 53.7 Å². The van der Waals surface area contributed by atoms with E-state index in [4.69, 9.17) is 5.11 Å². The summed E-state index contributed by atoms with van der Waals surface area (Å²) in [6, 6.07) is 38.3. The number of rotatable bonds is 15. The largest absolute Gasteiger partial charge is 0.512 e. The van der Waals surface area contributed by atoms with Crippen LogP contribution in [0.2, 0.25) is 0 Å². The molecule has 0 aromatic heterocycles. The Labute approximate surface area is 463 Å². The first-order valence-electron chi connectivity index (χ1n) is 24.0. The second-order valence-corrected chi connectivity index (χ2v) is 26.2. The number of hydrogen-bond donors (Lipinski definition) is 7. The average Bonchev–Trinajstić information content (AvgIpc) is 3.33. The standard InChI is InChI=1S/C52H57N5O4S2.C2HF6NO4S2.CH4O/c1-30-26-31(2)48(32(3)27-30)55-46-25-24-45(43-14-12-13-15-44(43)46)47(39-16-20-41(21-17-39)53-49-33(4)28-35(6)51(37(49)8)56-62(10,58)59)40-18-22-42(23-19-40)54-50-34(5)29-36(7)52(38(50)9)57-63(11,60)61;3-1(4,5)14(10,11)9-15(12,13)2(6,7)8;1-2/h12-29,47,53-57H,1-11H3;9H;2H,1H3. The molecule has 0 aliphatic heterocycles. The van der Waals surface area contributed by atoms with Crippen molar-refractivity contribution in [3.05, 3.63) is 176 Å². The number of hydrogen-bond acceptors (Lipinski definition) is 12. The van der Waals surface area contributed by atoms with Crippen molar-refractivity contribution in [1.29, 1.82) is 0 Å². The summed E-state index contributed by atoms with van der Waals surface area (Å²) in [5, 5.41) is 20.2. The summed E-state index contributed by atoms with van der Waals surface area (Å²) in [5.74, 6) is -0.156. The number of aryl methyl sites for hydroxylation is 7. The molecule has 0 fully saturated rings. The number of aliphatic hydroxyl groups is 1. The minimum absolute atomic E-state index is 0.156. The predicted molar refractivity (Wildman–Crippen MR) is 308 cm³/mol. The van der Waals surface area contributed by atoms with Gasteiger partial charge in [0.25, 0.3) is 0 Å². The lowest BCUT2D eigenvalue weighted by molar-refractivity contribution is -0.0476. The smallest absolute Gasteiger partial charge is 0.400 e. The first kappa shape index (κ1) is 63.9. The van der Waals surface area contributed by atoms with Crippen LogP contribution in [0.3, 0.4) is 0 Å². The summed E-state index contributed by atoms with van der Waals surface area (Å²) in [6.45, 7) is 18.1. The molecule has 0 saturated carbocycles. The molecule has 0 unspecified atom stereocenters. The predicted octanol–water partition coefficient (Wildman–Crippen LogP) is 12.7. The highest BCUT2D eigenvalue weighted by Gasteiger charge is 2.55. The Morgan fingerprint density at radius 1 is 0.425 bits per heavy atom. The van der Waals surface area contributed by atoms with Crippen molar-refractivity contribution in [3.63, 3.8) is 0 Å². The summed E-state index contributed by atoms with van der Waals surface area (Å²) in [7, 11) is -19.1. The summed E-state index contributed by atoms with van der Waals surface area (Å²) in [5.41, 5.74) is 6.80. The van der Waals surface area contributed by atoms with Crippen LogP contribution in [0, 0.1) is 62.3 Å². The van der Waals surface area contributed by atoms with Crippen molar-refractivity contribution in [2.75, 3.05) is 45.0 Å². The van der Waals surface area contributed by atoms with E-state index in [1.54, 1.807) is 0 Å². The minimum atomic E-state index is -6.60. The number of halogens is 6. The van der Waals surface area contributed by atoms with Crippen molar-refractivity contribution in [2.24, 2.45) is 0 Å². The Kier molecular flexibility index (Phi) is 19.5. The molecule has 0 amide bonds. The van der Waals surface area contributed by atoms with Gasteiger partial charge in [0.2, 0.25) is 20.0 Å². The number of fused-ring (bicyclic) bond motifs is 1. The lowest BCUT2D eigenvalue weighted by Gasteiger charge is -2.24. The van der Waals surface area contributed by atoms with Crippen LogP contribution < -0.4 is 29.5 Å². The minimum Gasteiger partial charge on any atom is -0.400 e. The molecule has 0 heterocycles. The zero-order chi connectivity index (χ0) is 60.2. The van der Waals surface area contributed by atoms with Crippen molar-refractivity contribution in [1.82, 2.24) is 4.13 Å². The highest BCUT2D eigenvalue weighted by molar-refractivity contribution is 8.05. The number of aliphatic hydroxyl groups excluding tert-OH is 1. The number of alkyl halides is 6. The van der Waals surface area contributed by atoms with Gasteiger partial charge in [-0.3, -0.25) is 9.44 Å². The van der Waals surface area contributed by atoms with Crippen LogP contribution in [0.5, 0.6) is 0 Å². The summed E-state index contributed by atoms with van der Waals surface area (Å²) >= 11 is 0. The number of anilines is 8. The van der Waals surface area contributed by atoms with Crippen LogP contribution in [0.15, 0.2) is 109 Å². The maximum Gasteiger partial charge on any atom is 0.512 e. The topological polar surface area (TPSA) is 229 Å². The molecule has 7 aromatic carbocycles. The van der Waals surface area contributed by atoms with E-state index in [2.05, 4.69) is 143 Å². The molecule has 0 radical (unpaired) electrons. The molecule has 0 saturated heterocycles. The van der Waals surface area contributed by atoms with Crippen LogP contribution in [0.25, 0.3) is 10.8 Å². The van der Waals surface area contributed by atoms with Gasteiger partial charge in [0.05, 0.1) is 23.9 Å². The average molecular weight is 1190 g/mol. The van der Waals surface area contributed by atoms with E-state index >= 15 is 0 Å². The quantitative estimate of drug-likeness (QED) is 0.0376. The first-order chi connectivity index (χ1) is 36.9. The number of sulfonamides is 4. The maximum absolute atomic E-state index is 12.2. The molecule has 0 atom stereocenters.